The highest BCUT2D eigenvalue weighted by atomic mass is 32.2. The van der Waals surface area contributed by atoms with Gasteiger partial charge >= 0.3 is 0 Å². The van der Waals surface area contributed by atoms with E-state index in [4.69, 9.17) is 4.74 Å². The van der Waals surface area contributed by atoms with Crippen molar-refractivity contribution in [3.05, 3.63) is 59.7 Å². The molecule has 0 bridgehead atoms. The lowest BCUT2D eigenvalue weighted by Crippen LogP contribution is -2.53. The fourth-order valence-electron chi connectivity index (χ4n) is 4.95. The summed E-state index contributed by atoms with van der Waals surface area (Å²) in [6.07, 6.45) is 2.13. The smallest absolute Gasteiger partial charge is 0.254 e. The molecule has 1 saturated carbocycles. The lowest BCUT2D eigenvalue weighted by Gasteiger charge is -2.35. The number of carbonyl (C=O) groups is 2. The molecule has 0 aromatic heterocycles. The standard InChI is InChI=1S/C27H32N2O6S/c30-25(28-12-14-29(15-13-28)26(31)27(32)10-11-27)22-6-4-21(5-7-22)23-3-1-2-20(18-23)19-36(33,34)24-8-16-35-17-9-24/h1-7,18,24,32H,8-17,19H2. The molecule has 36 heavy (non-hydrogen) atoms. The van der Waals surface area contributed by atoms with E-state index in [0.717, 1.165) is 16.7 Å². The third-order valence-electron chi connectivity index (χ3n) is 7.41. The minimum atomic E-state index is -3.25. The van der Waals surface area contributed by atoms with Crippen LogP contribution >= 0.6 is 0 Å². The van der Waals surface area contributed by atoms with E-state index < -0.39 is 15.4 Å². The van der Waals surface area contributed by atoms with Gasteiger partial charge in [0.2, 0.25) is 0 Å². The molecule has 2 aliphatic heterocycles. The number of aliphatic hydroxyl groups is 1. The van der Waals surface area contributed by atoms with Gasteiger partial charge in [0.05, 0.1) is 11.0 Å². The average Bonchev–Trinajstić information content (AvgIpc) is 3.67. The fourth-order valence-corrected chi connectivity index (χ4v) is 6.74. The molecule has 2 aromatic rings. The van der Waals surface area contributed by atoms with Crippen LogP contribution in [0.25, 0.3) is 11.1 Å². The number of rotatable bonds is 6. The van der Waals surface area contributed by atoms with Crippen LogP contribution in [0.15, 0.2) is 48.5 Å². The predicted molar refractivity (Wildman–Crippen MR) is 135 cm³/mol. The first kappa shape index (κ1) is 24.9. The van der Waals surface area contributed by atoms with Crippen molar-refractivity contribution in [2.75, 3.05) is 39.4 Å². The number of carbonyl (C=O) groups excluding carboxylic acids is 2. The van der Waals surface area contributed by atoms with Crippen molar-refractivity contribution in [1.29, 1.82) is 0 Å². The van der Waals surface area contributed by atoms with Crippen LogP contribution in [0.5, 0.6) is 0 Å². The first-order valence-electron chi connectivity index (χ1n) is 12.5. The van der Waals surface area contributed by atoms with Crippen molar-refractivity contribution in [3.63, 3.8) is 0 Å². The Balaban J connectivity index is 1.21. The fraction of sp³-hybridized carbons (Fsp3) is 0.481. The Morgan fingerprint density at radius 3 is 2.19 bits per heavy atom. The zero-order valence-corrected chi connectivity index (χ0v) is 21.1. The highest BCUT2D eigenvalue weighted by Crippen LogP contribution is 2.37. The number of nitrogens with zero attached hydrogens (tertiary/aromatic N) is 2. The van der Waals surface area contributed by atoms with Crippen LogP contribution in [0, 0.1) is 0 Å². The second kappa shape index (κ2) is 9.95. The summed E-state index contributed by atoms with van der Waals surface area (Å²) in [5.74, 6) is -0.301. The Labute approximate surface area is 211 Å². The number of hydrogen-bond acceptors (Lipinski definition) is 6. The molecule has 5 rings (SSSR count). The monoisotopic (exact) mass is 512 g/mol. The molecule has 2 aromatic carbocycles. The highest BCUT2D eigenvalue weighted by molar-refractivity contribution is 7.91. The van der Waals surface area contributed by atoms with Gasteiger partial charge in [0, 0.05) is 45.0 Å². The Kier molecular flexibility index (Phi) is 6.89. The molecule has 192 valence electrons. The molecule has 1 aliphatic carbocycles. The number of hydrogen-bond donors (Lipinski definition) is 1. The first-order valence-corrected chi connectivity index (χ1v) is 14.3. The lowest BCUT2D eigenvalue weighted by atomic mass is 10.0. The Hall–Kier alpha value is -2.75. The van der Waals surface area contributed by atoms with Crippen molar-refractivity contribution in [3.8, 4) is 11.1 Å². The lowest BCUT2D eigenvalue weighted by molar-refractivity contribution is -0.143. The summed E-state index contributed by atoms with van der Waals surface area (Å²) in [7, 11) is -3.25. The van der Waals surface area contributed by atoms with Crippen molar-refractivity contribution in [2.45, 2.75) is 42.3 Å². The van der Waals surface area contributed by atoms with Crippen molar-refractivity contribution >= 4 is 21.7 Å². The number of ether oxygens (including phenoxy) is 1. The van der Waals surface area contributed by atoms with Gasteiger partial charge in [-0.25, -0.2) is 8.42 Å². The maximum atomic E-state index is 13.0. The van der Waals surface area contributed by atoms with Crippen LogP contribution in [0.2, 0.25) is 0 Å². The van der Waals surface area contributed by atoms with Crippen LogP contribution in [0.4, 0.5) is 0 Å². The molecule has 0 unspecified atom stereocenters. The number of sulfone groups is 1. The van der Waals surface area contributed by atoms with Crippen LogP contribution in [0.1, 0.15) is 41.6 Å². The van der Waals surface area contributed by atoms with Crippen molar-refractivity contribution < 1.29 is 27.9 Å². The van der Waals surface area contributed by atoms with Gasteiger partial charge in [-0.05, 0) is 54.5 Å². The van der Waals surface area contributed by atoms with E-state index in [9.17, 15) is 23.1 Å². The van der Waals surface area contributed by atoms with Gasteiger partial charge < -0.3 is 19.6 Å². The van der Waals surface area contributed by atoms with E-state index in [-0.39, 0.29) is 22.8 Å². The number of benzene rings is 2. The van der Waals surface area contributed by atoms with E-state index in [1.807, 2.05) is 36.4 Å². The second-order valence-corrected chi connectivity index (χ2v) is 12.3. The summed E-state index contributed by atoms with van der Waals surface area (Å²) >= 11 is 0. The molecular formula is C27H32N2O6S. The number of piperazine rings is 1. The quantitative estimate of drug-likeness (QED) is 0.637. The third-order valence-corrected chi connectivity index (χ3v) is 9.63. The summed E-state index contributed by atoms with van der Waals surface area (Å²) in [6.45, 7) is 2.71. The molecule has 2 heterocycles. The molecule has 0 spiro atoms. The highest BCUT2D eigenvalue weighted by Gasteiger charge is 2.50. The van der Waals surface area contributed by atoms with E-state index in [0.29, 0.717) is 70.6 Å². The van der Waals surface area contributed by atoms with Crippen molar-refractivity contribution in [1.82, 2.24) is 9.80 Å². The SMILES string of the molecule is O=C(c1ccc(-c2cccc(CS(=O)(=O)C3CCOCC3)c2)cc1)N1CCN(C(=O)C2(O)CC2)CC1. The Bertz CT molecular complexity index is 1230. The van der Waals surface area contributed by atoms with Crippen LogP contribution in [0.3, 0.4) is 0 Å². The van der Waals surface area contributed by atoms with Gasteiger partial charge in [0.1, 0.15) is 5.60 Å². The van der Waals surface area contributed by atoms with Gasteiger partial charge in [-0.3, -0.25) is 9.59 Å². The van der Waals surface area contributed by atoms with Crippen LogP contribution in [-0.2, 0) is 25.1 Å². The molecule has 9 heteroatoms. The van der Waals surface area contributed by atoms with E-state index in [1.165, 1.54) is 0 Å². The maximum absolute atomic E-state index is 13.0. The minimum absolute atomic E-state index is 0.00789. The van der Waals surface area contributed by atoms with Gasteiger partial charge in [-0.15, -0.1) is 0 Å². The summed E-state index contributed by atoms with van der Waals surface area (Å²) in [5.41, 5.74) is 1.96. The summed E-state index contributed by atoms with van der Waals surface area (Å²) < 4.78 is 31.0. The third kappa shape index (κ3) is 5.33. The molecule has 0 atom stereocenters. The van der Waals surface area contributed by atoms with Crippen LogP contribution in [-0.4, -0.2) is 85.4 Å². The predicted octanol–water partition coefficient (Wildman–Crippen LogP) is 2.26. The van der Waals surface area contributed by atoms with Gasteiger partial charge in [0.15, 0.2) is 9.84 Å². The van der Waals surface area contributed by atoms with Gasteiger partial charge in [-0.2, -0.15) is 0 Å². The summed E-state index contributed by atoms with van der Waals surface area (Å²) in [6, 6.07) is 14.9. The summed E-state index contributed by atoms with van der Waals surface area (Å²) in [4.78, 5) is 28.7. The van der Waals surface area contributed by atoms with Gasteiger partial charge in [0.25, 0.3) is 11.8 Å². The molecule has 8 nitrogen and oxygen atoms in total. The molecule has 3 fully saturated rings. The molecule has 3 aliphatic rings. The minimum Gasteiger partial charge on any atom is -0.381 e. The average molecular weight is 513 g/mol. The number of amides is 2. The molecular weight excluding hydrogens is 480 g/mol. The molecule has 0 radical (unpaired) electrons. The van der Waals surface area contributed by atoms with E-state index >= 15 is 0 Å². The van der Waals surface area contributed by atoms with Crippen molar-refractivity contribution in [2.24, 2.45) is 0 Å². The maximum Gasteiger partial charge on any atom is 0.254 e. The topological polar surface area (TPSA) is 104 Å². The molecule has 2 saturated heterocycles. The van der Waals surface area contributed by atoms with E-state index in [1.54, 1.807) is 21.9 Å². The summed E-state index contributed by atoms with van der Waals surface area (Å²) in [5, 5.41) is 9.70. The Morgan fingerprint density at radius 1 is 0.917 bits per heavy atom. The molecule has 2 amide bonds. The van der Waals surface area contributed by atoms with E-state index in [2.05, 4.69) is 0 Å². The second-order valence-electron chi connectivity index (χ2n) is 10.0. The first-order chi connectivity index (χ1) is 17.2. The van der Waals surface area contributed by atoms with Crippen LogP contribution < -0.4 is 0 Å². The largest absolute Gasteiger partial charge is 0.381 e. The van der Waals surface area contributed by atoms with Gasteiger partial charge in [-0.1, -0.05) is 36.4 Å². The normalized spacial score (nSPS) is 20.2. The zero-order chi connectivity index (χ0) is 25.3. The molecule has 1 N–H and O–H groups in total. The zero-order valence-electron chi connectivity index (χ0n) is 20.3. The Morgan fingerprint density at radius 2 is 1.56 bits per heavy atom.